The van der Waals surface area contributed by atoms with E-state index in [9.17, 15) is 9.18 Å². The molecule has 1 saturated heterocycles. The van der Waals surface area contributed by atoms with Crippen LogP contribution in [0.2, 0.25) is 0 Å². The topological polar surface area (TPSA) is 87.5 Å². The number of amides is 1. The summed E-state index contributed by atoms with van der Waals surface area (Å²) in [5, 5.41) is 15.5. The van der Waals surface area contributed by atoms with Gasteiger partial charge in [0.2, 0.25) is 0 Å². The number of piperidine rings is 1. The van der Waals surface area contributed by atoms with Crippen molar-refractivity contribution in [3.8, 4) is 0 Å². The van der Waals surface area contributed by atoms with E-state index in [4.69, 9.17) is 0 Å². The van der Waals surface area contributed by atoms with Gasteiger partial charge in [0.05, 0.1) is 23.1 Å². The molecule has 0 spiro atoms. The first-order valence-electron chi connectivity index (χ1n) is 11.2. The first-order chi connectivity index (χ1) is 16.0. The quantitative estimate of drug-likeness (QED) is 0.487. The highest BCUT2D eigenvalue weighted by molar-refractivity contribution is 6.13. The van der Waals surface area contributed by atoms with E-state index in [-0.39, 0.29) is 11.6 Å². The molecule has 4 heterocycles. The molecule has 0 atom stereocenters. The number of rotatable bonds is 5. The number of nitrogens with zero attached hydrogens (tertiary/aromatic N) is 5. The molecule has 1 fully saturated rings. The fraction of sp³-hybridized carbons (Fsp3) is 0.333. The first kappa shape index (κ1) is 21.3. The second kappa shape index (κ2) is 8.74. The molecule has 4 aromatic rings. The SMILES string of the molecule is CCNC1CCN(c2ccc(C(=O)Nc3cc(F)c4nc(C)cn4c3)c3nnccc23)CC1. The highest BCUT2D eigenvalue weighted by Crippen LogP contribution is 2.30. The van der Waals surface area contributed by atoms with Crippen molar-refractivity contribution in [3.63, 3.8) is 0 Å². The van der Waals surface area contributed by atoms with Crippen molar-refractivity contribution in [3.05, 3.63) is 59.9 Å². The minimum atomic E-state index is -0.498. The molecule has 0 radical (unpaired) electrons. The van der Waals surface area contributed by atoms with Crippen LogP contribution in [0.1, 0.15) is 35.8 Å². The number of hydrogen-bond acceptors (Lipinski definition) is 6. The minimum absolute atomic E-state index is 0.226. The second-order valence-corrected chi connectivity index (χ2v) is 8.39. The zero-order chi connectivity index (χ0) is 22.9. The summed E-state index contributed by atoms with van der Waals surface area (Å²) < 4.78 is 16.0. The average Bonchev–Trinajstić information content (AvgIpc) is 3.20. The van der Waals surface area contributed by atoms with Crippen molar-refractivity contribution in [1.82, 2.24) is 24.9 Å². The zero-order valence-electron chi connectivity index (χ0n) is 18.7. The smallest absolute Gasteiger partial charge is 0.257 e. The molecule has 1 aliphatic heterocycles. The van der Waals surface area contributed by atoms with Crippen LogP contribution in [-0.2, 0) is 0 Å². The zero-order valence-corrected chi connectivity index (χ0v) is 18.7. The number of pyridine rings is 1. The lowest BCUT2D eigenvalue weighted by Crippen LogP contribution is -2.42. The molecule has 1 aliphatic rings. The Morgan fingerprint density at radius 1 is 1.21 bits per heavy atom. The van der Waals surface area contributed by atoms with Crippen molar-refractivity contribution in [2.45, 2.75) is 32.7 Å². The van der Waals surface area contributed by atoms with Gasteiger partial charge in [-0.05, 0) is 44.5 Å². The lowest BCUT2D eigenvalue weighted by atomic mass is 10.0. The number of hydrogen-bond donors (Lipinski definition) is 2. The molecule has 170 valence electrons. The summed E-state index contributed by atoms with van der Waals surface area (Å²) in [5.41, 5.74) is 3.24. The maximum absolute atomic E-state index is 14.4. The summed E-state index contributed by atoms with van der Waals surface area (Å²) in [7, 11) is 0. The maximum atomic E-state index is 14.4. The summed E-state index contributed by atoms with van der Waals surface area (Å²) in [4.78, 5) is 19.6. The Bertz CT molecular complexity index is 1330. The number of carbonyl (C=O) groups excluding carboxylic acids is 1. The number of benzene rings is 1. The summed E-state index contributed by atoms with van der Waals surface area (Å²) in [6.45, 7) is 6.77. The number of imidazole rings is 1. The summed E-state index contributed by atoms with van der Waals surface area (Å²) in [5.74, 6) is -0.865. The predicted molar refractivity (Wildman–Crippen MR) is 126 cm³/mol. The van der Waals surface area contributed by atoms with E-state index < -0.39 is 5.82 Å². The minimum Gasteiger partial charge on any atom is -0.371 e. The third-order valence-corrected chi connectivity index (χ3v) is 6.12. The van der Waals surface area contributed by atoms with Crippen LogP contribution in [0.3, 0.4) is 0 Å². The van der Waals surface area contributed by atoms with Crippen LogP contribution >= 0.6 is 0 Å². The van der Waals surface area contributed by atoms with Gasteiger partial charge in [-0.2, -0.15) is 5.10 Å². The lowest BCUT2D eigenvalue weighted by molar-refractivity contribution is 0.102. The Morgan fingerprint density at radius 2 is 2.03 bits per heavy atom. The van der Waals surface area contributed by atoms with Crippen molar-refractivity contribution in [2.24, 2.45) is 0 Å². The molecule has 3 aromatic heterocycles. The standard InChI is InChI=1S/C24H26FN7O/c1-3-26-16-7-10-31(11-8-16)21-5-4-19(22-18(21)6-9-27-30-22)24(33)29-17-12-20(25)23-28-15(2)13-32(23)14-17/h4-6,9,12-14,16,26H,3,7-8,10-11H2,1-2H3,(H,29,33). The molecular formula is C24H26FN7O. The van der Waals surface area contributed by atoms with Crippen molar-refractivity contribution in [2.75, 3.05) is 29.9 Å². The molecule has 0 saturated carbocycles. The van der Waals surface area contributed by atoms with Crippen LogP contribution in [0, 0.1) is 12.7 Å². The molecular weight excluding hydrogens is 421 g/mol. The lowest BCUT2D eigenvalue weighted by Gasteiger charge is -2.34. The maximum Gasteiger partial charge on any atom is 0.257 e. The third-order valence-electron chi connectivity index (χ3n) is 6.12. The normalized spacial score (nSPS) is 14.8. The van der Waals surface area contributed by atoms with Gasteiger partial charge in [-0.1, -0.05) is 6.92 Å². The van der Waals surface area contributed by atoms with E-state index in [0.29, 0.717) is 28.5 Å². The Balaban J connectivity index is 1.43. The van der Waals surface area contributed by atoms with Crippen LogP contribution in [-0.4, -0.2) is 51.2 Å². The first-order valence-corrected chi connectivity index (χ1v) is 11.2. The van der Waals surface area contributed by atoms with E-state index in [0.717, 1.165) is 43.5 Å². The van der Waals surface area contributed by atoms with E-state index in [1.807, 2.05) is 12.1 Å². The Labute approximate surface area is 190 Å². The third kappa shape index (κ3) is 4.11. The summed E-state index contributed by atoms with van der Waals surface area (Å²) >= 11 is 0. The second-order valence-electron chi connectivity index (χ2n) is 8.39. The van der Waals surface area contributed by atoms with Crippen molar-refractivity contribution >= 4 is 33.8 Å². The van der Waals surface area contributed by atoms with Gasteiger partial charge >= 0.3 is 0 Å². The van der Waals surface area contributed by atoms with Crippen LogP contribution in [0.25, 0.3) is 16.6 Å². The molecule has 33 heavy (non-hydrogen) atoms. The fourth-order valence-corrected chi connectivity index (χ4v) is 4.59. The monoisotopic (exact) mass is 447 g/mol. The number of aryl methyl sites for hydroxylation is 1. The fourth-order valence-electron chi connectivity index (χ4n) is 4.59. The average molecular weight is 448 g/mol. The molecule has 0 unspecified atom stereocenters. The van der Waals surface area contributed by atoms with Gasteiger partial charge in [0.1, 0.15) is 5.52 Å². The number of carbonyl (C=O) groups is 1. The largest absolute Gasteiger partial charge is 0.371 e. The molecule has 5 rings (SSSR count). The molecule has 8 nitrogen and oxygen atoms in total. The van der Waals surface area contributed by atoms with E-state index in [1.54, 1.807) is 36.0 Å². The number of fused-ring (bicyclic) bond motifs is 2. The molecule has 0 bridgehead atoms. The van der Waals surface area contributed by atoms with Crippen LogP contribution in [0.5, 0.6) is 0 Å². The number of halogens is 1. The van der Waals surface area contributed by atoms with Crippen LogP contribution in [0.15, 0.2) is 42.9 Å². The molecule has 9 heteroatoms. The molecule has 0 aliphatic carbocycles. The van der Waals surface area contributed by atoms with Crippen molar-refractivity contribution < 1.29 is 9.18 Å². The van der Waals surface area contributed by atoms with E-state index >= 15 is 0 Å². The van der Waals surface area contributed by atoms with Crippen LogP contribution < -0.4 is 15.5 Å². The molecule has 1 amide bonds. The van der Waals surface area contributed by atoms with E-state index in [1.165, 1.54) is 6.07 Å². The molecule has 2 N–H and O–H groups in total. The summed E-state index contributed by atoms with van der Waals surface area (Å²) in [6, 6.07) is 7.45. The van der Waals surface area contributed by atoms with Crippen molar-refractivity contribution in [1.29, 1.82) is 0 Å². The Morgan fingerprint density at radius 3 is 2.82 bits per heavy atom. The number of anilines is 2. The van der Waals surface area contributed by atoms with Gasteiger partial charge in [0.25, 0.3) is 5.91 Å². The van der Waals surface area contributed by atoms with Crippen LogP contribution in [0.4, 0.5) is 15.8 Å². The Kier molecular flexibility index (Phi) is 5.63. The van der Waals surface area contributed by atoms with Gasteiger partial charge < -0.3 is 19.9 Å². The van der Waals surface area contributed by atoms with Gasteiger partial charge in [-0.25, -0.2) is 9.37 Å². The highest BCUT2D eigenvalue weighted by atomic mass is 19.1. The molecule has 1 aromatic carbocycles. The number of aromatic nitrogens is 4. The predicted octanol–water partition coefficient (Wildman–Crippen LogP) is 3.56. The number of nitrogens with one attached hydrogen (secondary N) is 2. The van der Waals surface area contributed by atoms with E-state index in [2.05, 4.69) is 37.6 Å². The van der Waals surface area contributed by atoms with Gasteiger partial charge in [0.15, 0.2) is 11.5 Å². The van der Waals surface area contributed by atoms with Gasteiger partial charge in [-0.15, -0.1) is 5.10 Å². The summed E-state index contributed by atoms with van der Waals surface area (Å²) in [6.07, 6.45) is 7.13. The van der Waals surface area contributed by atoms with Gasteiger partial charge in [0, 0.05) is 48.7 Å². The van der Waals surface area contributed by atoms with Gasteiger partial charge in [-0.3, -0.25) is 4.79 Å². The Hall–Kier alpha value is -3.59. The highest BCUT2D eigenvalue weighted by Gasteiger charge is 2.22.